The van der Waals surface area contributed by atoms with Crippen LogP contribution in [0.1, 0.15) is 42.4 Å². The molecule has 22 heavy (non-hydrogen) atoms. The Bertz CT molecular complexity index is 696. The first-order valence-corrected chi connectivity index (χ1v) is 7.57. The van der Waals surface area contributed by atoms with Crippen molar-refractivity contribution in [2.24, 2.45) is 0 Å². The van der Waals surface area contributed by atoms with Crippen molar-refractivity contribution in [3.63, 3.8) is 0 Å². The van der Waals surface area contributed by atoms with Gasteiger partial charge in [0.15, 0.2) is 0 Å². The molecular formula is C16H17Cl2N3O. The topological polar surface area (TPSA) is 54.9 Å². The quantitative estimate of drug-likeness (QED) is 0.920. The van der Waals surface area contributed by atoms with E-state index in [1.54, 1.807) is 24.4 Å². The molecule has 0 bridgehead atoms. The van der Waals surface area contributed by atoms with Crippen LogP contribution in [0.25, 0.3) is 0 Å². The summed E-state index contributed by atoms with van der Waals surface area (Å²) in [6.07, 6.45) is 3.23. The molecular weight excluding hydrogens is 321 g/mol. The van der Waals surface area contributed by atoms with Gasteiger partial charge in [-0.1, -0.05) is 44.0 Å². The van der Waals surface area contributed by atoms with E-state index in [1.807, 2.05) is 0 Å². The highest BCUT2D eigenvalue weighted by Crippen LogP contribution is 2.23. The molecule has 0 spiro atoms. The molecule has 2 rings (SSSR count). The number of nitrogens with one attached hydrogen (secondary N) is 1. The van der Waals surface area contributed by atoms with Crippen LogP contribution in [0, 0.1) is 0 Å². The fraction of sp³-hybridized carbons (Fsp3) is 0.312. The average molecular weight is 338 g/mol. The summed E-state index contributed by atoms with van der Waals surface area (Å²) in [6, 6.07) is 4.79. The van der Waals surface area contributed by atoms with E-state index in [4.69, 9.17) is 23.2 Å². The van der Waals surface area contributed by atoms with Crippen molar-refractivity contribution in [1.29, 1.82) is 0 Å². The van der Waals surface area contributed by atoms with Crippen LogP contribution in [0.2, 0.25) is 10.0 Å². The number of rotatable bonds is 3. The van der Waals surface area contributed by atoms with Gasteiger partial charge in [-0.2, -0.15) is 0 Å². The number of benzene rings is 1. The number of hydrogen-bond acceptors (Lipinski definition) is 3. The van der Waals surface area contributed by atoms with Gasteiger partial charge in [0.1, 0.15) is 6.33 Å². The maximum Gasteiger partial charge on any atom is 0.253 e. The van der Waals surface area contributed by atoms with Gasteiger partial charge >= 0.3 is 0 Å². The maximum absolute atomic E-state index is 12.3. The summed E-state index contributed by atoms with van der Waals surface area (Å²) in [6.45, 7) is 6.52. The van der Waals surface area contributed by atoms with Gasteiger partial charge < -0.3 is 5.32 Å². The van der Waals surface area contributed by atoms with E-state index < -0.39 is 0 Å². The zero-order chi connectivity index (χ0) is 16.3. The third-order valence-corrected chi connectivity index (χ3v) is 3.68. The van der Waals surface area contributed by atoms with Crippen molar-refractivity contribution in [3.8, 4) is 0 Å². The lowest BCUT2D eigenvalue weighted by Gasteiger charge is -2.21. The molecule has 2 aromatic rings. The van der Waals surface area contributed by atoms with Gasteiger partial charge in [-0.25, -0.2) is 9.97 Å². The molecule has 116 valence electrons. The van der Waals surface area contributed by atoms with Crippen molar-refractivity contribution in [2.45, 2.75) is 32.7 Å². The Balaban J connectivity index is 2.17. The number of nitrogens with zero attached hydrogens (tertiary/aromatic N) is 2. The van der Waals surface area contributed by atoms with Crippen molar-refractivity contribution < 1.29 is 4.79 Å². The molecule has 0 saturated carbocycles. The van der Waals surface area contributed by atoms with Gasteiger partial charge in [-0.3, -0.25) is 4.79 Å². The van der Waals surface area contributed by atoms with Crippen LogP contribution >= 0.6 is 23.2 Å². The number of halogens is 2. The van der Waals surface area contributed by atoms with Gasteiger partial charge in [-0.15, -0.1) is 0 Å². The van der Waals surface area contributed by atoms with Crippen LogP contribution in [0.4, 0.5) is 0 Å². The Kier molecular flexibility index (Phi) is 5.04. The van der Waals surface area contributed by atoms with E-state index in [0.29, 0.717) is 22.2 Å². The van der Waals surface area contributed by atoms with E-state index in [0.717, 1.165) is 11.3 Å². The first kappa shape index (κ1) is 16.7. The molecule has 0 aliphatic rings. The largest absolute Gasteiger partial charge is 0.348 e. The van der Waals surface area contributed by atoms with E-state index in [-0.39, 0.29) is 11.3 Å². The first-order chi connectivity index (χ1) is 10.3. The van der Waals surface area contributed by atoms with Crippen LogP contribution in [0.3, 0.4) is 0 Å². The number of hydrogen-bond donors (Lipinski definition) is 1. The van der Waals surface area contributed by atoms with E-state index >= 15 is 0 Å². The molecule has 1 N–H and O–H groups in total. The van der Waals surface area contributed by atoms with E-state index in [1.165, 1.54) is 6.33 Å². The Morgan fingerprint density at radius 1 is 1.27 bits per heavy atom. The van der Waals surface area contributed by atoms with Gasteiger partial charge in [0, 0.05) is 28.7 Å². The van der Waals surface area contributed by atoms with E-state index in [9.17, 15) is 4.79 Å². The lowest BCUT2D eigenvalue weighted by atomic mass is 9.89. The zero-order valence-corrected chi connectivity index (χ0v) is 14.2. The molecule has 1 heterocycles. The predicted molar refractivity (Wildman–Crippen MR) is 88.4 cm³/mol. The van der Waals surface area contributed by atoms with Crippen LogP contribution < -0.4 is 5.32 Å². The fourth-order valence-electron chi connectivity index (χ4n) is 2.11. The molecule has 6 heteroatoms. The maximum atomic E-state index is 12.3. The lowest BCUT2D eigenvalue weighted by Crippen LogP contribution is -2.26. The second-order valence-electron chi connectivity index (χ2n) is 5.95. The van der Waals surface area contributed by atoms with Gasteiger partial charge in [-0.05, 0) is 18.2 Å². The number of aromatic nitrogens is 2. The first-order valence-electron chi connectivity index (χ1n) is 6.81. The third kappa shape index (κ3) is 3.96. The summed E-state index contributed by atoms with van der Waals surface area (Å²) >= 11 is 11.9. The highest BCUT2D eigenvalue weighted by Gasteiger charge is 2.20. The highest BCUT2D eigenvalue weighted by atomic mass is 35.5. The summed E-state index contributed by atoms with van der Waals surface area (Å²) in [4.78, 5) is 20.6. The van der Waals surface area contributed by atoms with Crippen LogP contribution in [0.15, 0.2) is 30.7 Å². The molecule has 0 unspecified atom stereocenters. The Labute approximate surface area is 139 Å². The Morgan fingerprint density at radius 2 is 2.00 bits per heavy atom. The highest BCUT2D eigenvalue weighted by molar-refractivity contribution is 6.35. The van der Waals surface area contributed by atoms with Crippen molar-refractivity contribution in [2.75, 3.05) is 0 Å². The minimum atomic E-state index is -0.281. The van der Waals surface area contributed by atoms with Crippen LogP contribution in [0.5, 0.6) is 0 Å². The van der Waals surface area contributed by atoms with Crippen LogP contribution in [-0.2, 0) is 12.0 Å². The summed E-state index contributed by atoms with van der Waals surface area (Å²) in [7, 11) is 0. The molecule has 0 aliphatic carbocycles. The summed E-state index contributed by atoms with van der Waals surface area (Å²) in [5.74, 6) is -0.281. The second kappa shape index (κ2) is 6.63. The van der Waals surface area contributed by atoms with Crippen molar-refractivity contribution >= 4 is 29.1 Å². The van der Waals surface area contributed by atoms with Crippen molar-refractivity contribution in [3.05, 3.63) is 57.6 Å². The predicted octanol–water partition coefficient (Wildman–Crippen LogP) is 4.01. The molecule has 1 aromatic heterocycles. The number of carbonyl (C=O) groups is 1. The lowest BCUT2D eigenvalue weighted by molar-refractivity contribution is 0.0950. The summed E-state index contributed by atoms with van der Waals surface area (Å²) in [5, 5.41) is 3.66. The average Bonchev–Trinajstić information content (AvgIpc) is 2.46. The van der Waals surface area contributed by atoms with E-state index in [2.05, 4.69) is 36.1 Å². The molecule has 0 aliphatic heterocycles. The SMILES string of the molecule is CC(C)(C)c1ncncc1CNC(=O)c1cc(Cl)ccc1Cl. The van der Waals surface area contributed by atoms with Crippen LogP contribution in [-0.4, -0.2) is 15.9 Å². The number of amides is 1. The van der Waals surface area contributed by atoms with Gasteiger partial charge in [0.05, 0.1) is 16.3 Å². The molecule has 0 radical (unpaired) electrons. The second-order valence-corrected chi connectivity index (χ2v) is 6.80. The normalized spacial score (nSPS) is 11.3. The molecule has 4 nitrogen and oxygen atoms in total. The molecule has 1 amide bonds. The molecule has 0 fully saturated rings. The van der Waals surface area contributed by atoms with Gasteiger partial charge in [0.25, 0.3) is 5.91 Å². The summed E-state index contributed by atoms with van der Waals surface area (Å²) < 4.78 is 0. The summed E-state index contributed by atoms with van der Waals surface area (Å²) in [5.41, 5.74) is 2.00. The number of carbonyl (C=O) groups excluding carboxylic acids is 1. The smallest absolute Gasteiger partial charge is 0.253 e. The monoisotopic (exact) mass is 337 g/mol. The molecule has 1 aromatic carbocycles. The Hall–Kier alpha value is -1.65. The standard InChI is InChI=1S/C16H17Cl2N3O/c1-16(2,3)14-10(7-19-9-21-14)8-20-15(22)12-6-11(17)4-5-13(12)18/h4-7,9H,8H2,1-3H3,(H,20,22). The zero-order valence-electron chi connectivity index (χ0n) is 12.7. The minimum absolute atomic E-state index is 0.128. The third-order valence-electron chi connectivity index (χ3n) is 3.11. The van der Waals surface area contributed by atoms with Crippen molar-refractivity contribution in [1.82, 2.24) is 15.3 Å². The molecule has 0 atom stereocenters. The van der Waals surface area contributed by atoms with Gasteiger partial charge in [0.2, 0.25) is 0 Å². The minimum Gasteiger partial charge on any atom is -0.348 e. The Morgan fingerprint density at radius 3 is 2.68 bits per heavy atom. The molecule has 0 saturated heterocycles. The fourth-order valence-corrected chi connectivity index (χ4v) is 2.48.